The Labute approximate surface area is 106 Å². The molecule has 0 spiro atoms. The van der Waals surface area contributed by atoms with Crippen LogP contribution >= 0.6 is 23.1 Å². The number of aromatic nitrogens is 1. The second kappa shape index (κ2) is 5.78. The Kier molecular flexibility index (Phi) is 4.36. The van der Waals surface area contributed by atoms with Crippen molar-refractivity contribution in [1.29, 1.82) is 0 Å². The third-order valence-electron chi connectivity index (χ3n) is 2.73. The highest BCUT2D eigenvalue weighted by molar-refractivity contribution is 7.99. The SMILES string of the molecule is CCCCCn1cc2ccsc2c1SCC. The summed E-state index contributed by atoms with van der Waals surface area (Å²) in [6.07, 6.45) is 6.25. The minimum absolute atomic E-state index is 1.16. The minimum atomic E-state index is 1.16. The van der Waals surface area contributed by atoms with E-state index in [0.29, 0.717) is 0 Å². The monoisotopic (exact) mass is 253 g/mol. The van der Waals surface area contributed by atoms with E-state index >= 15 is 0 Å². The lowest BCUT2D eigenvalue weighted by molar-refractivity contribution is 0.578. The number of hydrogen-bond acceptors (Lipinski definition) is 2. The van der Waals surface area contributed by atoms with Crippen molar-refractivity contribution < 1.29 is 0 Å². The van der Waals surface area contributed by atoms with Crippen LogP contribution in [0.1, 0.15) is 33.1 Å². The number of thiophene rings is 1. The molecular formula is C13H19NS2. The molecule has 0 aliphatic heterocycles. The minimum Gasteiger partial charge on any atom is -0.341 e. The van der Waals surface area contributed by atoms with Crippen LogP contribution in [-0.2, 0) is 6.54 Å². The maximum Gasteiger partial charge on any atom is 0.0929 e. The van der Waals surface area contributed by atoms with Crippen LogP contribution in [0.15, 0.2) is 22.7 Å². The quantitative estimate of drug-likeness (QED) is 0.518. The van der Waals surface area contributed by atoms with Crippen molar-refractivity contribution in [3.05, 3.63) is 17.6 Å². The zero-order chi connectivity index (χ0) is 11.4. The first-order chi connectivity index (χ1) is 7.86. The van der Waals surface area contributed by atoms with Gasteiger partial charge in [0.05, 0.1) is 9.73 Å². The van der Waals surface area contributed by atoms with Crippen LogP contribution in [0.2, 0.25) is 0 Å². The van der Waals surface area contributed by atoms with Gasteiger partial charge in [-0.25, -0.2) is 0 Å². The van der Waals surface area contributed by atoms with E-state index in [1.807, 2.05) is 23.1 Å². The molecule has 2 heterocycles. The smallest absolute Gasteiger partial charge is 0.0929 e. The average Bonchev–Trinajstić information content (AvgIpc) is 2.83. The molecule has 0 amide bonds. The molecule has 16 heavy (non-hydrogen) atoms. The van der Waals surface area contributed by atoms with Crippen LogP contribution in [0.4, 0.5) is 0 Å². The van der Waals surface area contributed by atoms with Gasteiger partial charge in [-0.05, 0) is 23.6 Å². The Morgan fingerprint density at radius 1 is 1.31 bits per heavy atom. The van der Waals surface area contributed by atoms with Gasteiger partial charge in [-0.2, -0.15) is 0 Å². The van der Waals surface area contributed by atoms with Crippen molar-refractivity contribution in [2.75, 3.05) is 5.75 Å². The molecule has 88 valence electrons. The van der Waals surface area contributed by atoms with E-state index in [2.05, 4.69) is 36.1 Å². The molecule has 2 rings (SSSR count). The van der Waals surface area contributed by atoms with Crippen molar-refractivity contribution >= 4 is 33.2 Å². The van der Waals surface area contributed by atoms with Crippen LogP contribution < -0.4 is 0 Å². The number of nitrogens with zero attached hydrogens (tertiary/aromatic N) is 1. The summed E-state index contributed by atoms with van der Waals surface area (Å²) in [7, 11) is 0. The molecule has 0 aliphatic carbocycles. The summed E-state index contributed by atoms with van der Waals surface area (Å²) < 4.78 is 3.92. The van der Waals surface area contributed by atoms with Crippen LogP contribution in [0.5, 0.6) is 0 Å². The van der Waals surface area contributed by atoms with Gasteiger partial charge in [0.2, 0.25) is 0 Å². The first-order valence-corrected chi connectivity index (χ1v) is 7.92. The predicted octanol–water partition coefficient (Wildman–Crippen LogP) is 5.01. The Bertz CT molecular complexity index is 442. The fraction of sp³-hybridized carbons (Fsp3) is 0.538. The van der Waals surface area contributed by atoms with E-state index in [-0.39, 0.29) is 0 Å². The van der Waals surface area contributed by atoms with Crippen molar-refractivity contribution in [3.63, 3.8) is 0 Å². The van der Waals surface area contributed by atoms with Crippen LogP contribution in [0, 0.1) is 0 Å². The fourth-order valence-electron chi connectivity index (χ4n) is 1.94. The van der Waals surface area contributed by atoms with E-state index in [0.717, 1.165) is 5.75 Å². The van der Waals surface area contributed by atoms with Crippen molar-refractivity contribution in [3.8, 4) is 0 Å². The zero-order valence-electron chi connectivity index (χ0n) is 10.0. The van der Waals surface area contributed by atoms with Gasteiger partial charge in [0.1, 0.15) is 0 Å². The van der Waals surface area contributed by atoms with Gasteiger partial charge in [0.15, 0.2) is 0 Å². The van der Waals surface area contributed by atoms with Crippen molar-refractivity contribution in [1.82, 2.24) is 4.57 Å². The summed E-state index contributed by atoms with van der Waals surface area (Å²) in [5, 5.41) is 5.09. The maximum atomic E-state index is 2.45. The lowest BCUT2D eigenvalue weighted by Gasteiger charge is -2.07. The fourth-order valence-corrected chi connectivity index (χ4v) is 3.91. The highest BCUT2D eigenvalue weighted by Crippen LogP contribution is 2.34. The molecule has 0 aromatic carbocycles. The second-order valence-electron chi connectivity index (χ2n) is 3.97. The van der Waals surface area contributed by atoms with Crippen molar-refractivity contribution in [2.45, 2.75) is 44.7 Å². The molecular weight excluding hydrogens is 234 g/mol. The van der Waals surface area contributed by atoms with Gasteiger partial charge in [0.25, 0.3) is 0 Å². The third-order valence-corrected chi connectivity index (χ3v) is 4.80. The molecule has 2 aromatic rings. The van der Waals surface area contributed by atoms with Gasteiger partial charge in [-0.1, -0.05) is 26.7 Å². The molecule has 0 aliphatic rings. The lowest BCUT2D eigenvalue weighted by Crippen LogP contribution is -1.97. The summed E-state index contributed by atoms with van der Waals surface area (Å²) in [5.74, 6) is 1.16. The number of aryl methyl sites for hydroxylation is 1. The Balaban J connectivity index is 2.20. The Hall–Kier alpha value is -0.410. The van der Waals surface area contributed by atoms with Gasteiger partial charge >= 0.3 is 0 Å². The molecule has 0 N–H and O–H groups in total. The number of fused-ring (bicyclic) bond motifs is 1. The van der Waals surface area contributed by atoms with Crippen molar-refractivity contribution in [2.24, 2.45) is 0 Å². The number of unbranched alkanes of at least 4 members (excludes halogenated alkanes) is 2. The average molecular weight is 253 g/mol. The molecule has 0 bridgehead atoms. The summed E-state index contributed by atoms with van der Waals surface area (Å²) in [5.41, 5.74) is 0. The van der Waals surface area contributed by atoms with Gasteiger partial charge in [0, 0.05) is 18.1 Å². The van der Waals surface area contributed by atoms with E-state index in [4.69, 9.17) is 0 Å². The van der Waals surface area contributed by atoms with Crippen LogP contribution in [-0.4, -0.2) is 10.3 Å². The van der Waals surface area contributed by atoms with E-state index in [1.54, 1.807) is 0 Å². The van der Waals surface area contributed by atoms with E-state index < -0.39 is 0 Å². The molecule has 0 fully saturated rings. The highest BCUT2D eigenvalue weighted by Gasteiger charge is 2.09. The number of rotatable bonds is 6. The highest BCUT2D eigenvalue weighted by atomic mass is 32.2. The Morgan fingerprint density at radius 2 is 2.19 bits per heavy atom. The standard InChI is InChI=1S/C13H19NS2/c1-3-5-6-8-14-10-11-7-9-16-12(11)13(14)15-4-2/h7,9-10H,3-6,8H2,1-2H3. The summed E-state index contributed by atoms with van der Waals surface area (Å²) in [6.45, 7) is 5.67. The number of hydrogen-bond donors (Lipinski definition) is 0. The third kappa shape index (κ3) is 2.46. The topological polar surface area (TPSA) is 4.93 Å². The van der Waals surface area contributed by atoms with Crippen LogP contribution in [0.3, 0.4) is 0 Å². The van der Waals surface area contributed by atoms with Gasteiger partial charge in [-0.3, -0.25) is 0 Å². The molecule has 0 radical (unpaired) electrons. The van der Waals surface area contributed by atoms with E-state index in [1.165, 1.54) is 40.9 Å². The molecule has 1 nitrogen and oxygen atoms in total. The molecule has 0 unspecified atom stereocenters. The largest absolute Gasteiger partial charge is 0.341 e. The van der Waals surface area contributed by atoms with E-state index in [9.17, 15) is 0 Å². The molecule has 3 heteroatoms. The van der Waals surface area contributed by atoms with Gasteiger partial charge < -0.3 is 4.57 Å². The molecule has 0 saturated heterocycles. The second-order valence-corrected chi connectivity index (χ2v) is 6.14. The summed E-state index contributed by atoms with van der Waals surface area (Å²) in [6, 6.07) is 2.23. The lowest BCUT2D eigenvalue weighted by atomic mass is 10.2. The first kappa shape index (κ1) is 12.1. The molecule has 0 saturated carbocycles. The first-order valence-electron chi connectivity index (χ1n) is 6.06. The predicted molar refractivity (Wildman–Crippen MR) is 75.7 cm³/mol. The summed E-state index contributed by atoms with van der Waals surface area (Å²) >= 11 is 3.85. The Morgan fingerprint density at radius 3 is 2.94 bits per heavy atom. The normalized spacial score (nSPS) is 11.4. The van der Waals surface area contributed by atoms with Crippen LogP contribution in [0.25, 0.3) is 10.1 Å². The number of thioether (sulfide) groups is 1. The summed E-state index contributed by atoms with van der Waals surface area (Å²) in [4.78, 5) is 0. The zero-order valence-corrected chi connectivity index (χ0v) is 11.7. The maximum absolute atomic E-state index is 2.45. The molecule has 2 aromatic heterocycles. The van der Waals surface area contributed by atoms with Gasteiger partial charge in [-0.15, -0.1) is 23.1 Å². The molecule has 0 atom stereocenters.